The van der Waals surface area contributed by atoms with Crippen LogP contribution in [0.2, 0.25) is 0 Å². The van der Waals surface area contributed by atoms with Crippen LogP contribution in [0.25, 0.3) is 0 Å². The first-order chi connectivity index (χ1) is 10.2. The zero-order chi connectivity index (χ0) is 15.1. The topological polar surface area (TPSA) is 28.2 Å². The van der Waals surface area contributed by atoms with Crippen molar-refractivity contribution >= 4 is 11.5 Å². The minimum absolute atomic E-state index is 0.894. The molecule has 2 rings (SSSR count). The number of aromatic nitrogens is 1. The predicted octanol–water partition coefficient (Wildman–Crippen LogP) is 3.91. The normalized spacial score (nSPS) is 10.6. The van der Waals surface area contributed by atoms with E-state index >= 15 is 0 Å². The maximum atomic E-state index is 4.81. The van der Waals surface area contributed by atoms with Gasteiger partial charge >= 0.3 is 0 Å². The molecule has 2 aromatic rings. The Morgan fingerprint density at radius 1 is 1.10 bits per heavy atom. The van der Waals surface area contributed by atoms with E-state index < -0.39 is 0 Å². The van der Waals surface area contributed by atoms with Gasteiger partial charge < -0.3 is 10.2 Å². The molecular formula is C18H25N3. The fourth-order valence-electron chi connectivity index (χ4n) is 2.34. The van der Waals surface area contributed by atoms with Crippen LogP contribution in [0, 0.1) is 0 Å². The molecule has 0 aliphatic rings. The van der Waals surface area contributed by atoms with Crippen molar-refractivity contribution in [2.75, 3.05) is 18.5 Å². The van der Waals surface area contributed by atoms with Crippen molar-refractivity contribution in [3.63, 3.8) is 0 Å². The molecule has 1 aromatic heterocycles. The Kier molecular flexibility index (Phi) is 5.76. The van der Waals surface area contributed by atoms with Gasteiger partial charge in [-0.1, -0.05) is 38.5 Å². The Balaban J connectivity index is 2.30. The van der Waals surface area contributed by atoms with Crippen LogP contribution >= 0.6 is 0 Å². The van der Waals surface area contributed by atoms with Gasteiger partial charge in [-0.15, -0.1) is 0 Å². The molecule has 0 saturated carbocycles. The number of hydrogen-bond donors (Lipinski definition) is 1. The number of aryl methyl sites for hydroxylation is 1. The van der Waals surface area contributed by atoms with Crippen molar-refractivity contribution < 1.29 is 0 Å². The van der Waals surface area contributed by atoms with Gasteiger partial charge in [-0.3, -0.25) is 0 Å². The van der Waals surface area contributed by atoms with E-state index in [4.69, 9.17) is 4.98 Å². The maximum absolute atomic E-state index is 4.81. The molecule has 21 heavy (non-hydrogen) atoms. The maximum Gasteiger partial charge on any atom is 0.133 e. The van der Waals surface area contributed by atoms with E-state index in [-0.39, 0.29) is 0 Å². The second-order valence-corrected chi connectivity index (χ2v) is 5.25. The summed E-state index contributed by atoms with van der Waals surface area (Å²) >= 11 is 0. The van der Waals surface area contributed by atoms with Crippen LogP contribution < -0.4 is 10.2 Å². The fraction of sp³-hybridized carbons (Fsp3) is 0.389. The summed E-state index contributed by atoms with van der Waals surface area (Å²) in [5, 5.41) is 3.39. The van der Waals surface area contributed by atoms with Gasteiger partial charge in [0.15, 0.2) is 0 Å². The third-order valence-electron chi connectivity index (χ3n) is 3.50. The number of nitrogens with one attached hydrogen (secondary N) is 1. The van der Waals surface area contributed by atoms with Crippen LogP contribution in [0.5, 0.6) is 0 Å². The second kappa shape index (κ2) is 7.79. The highest BCUT2D eigenvalue weighted by Crippen LogP contribution is 2.23. The van der Waals surface area contributed by atoms with Gasteiger partial charge in [0.1, 0.15) is 5.82 Å². The Hall–Kier alpha value is -1.87. The molecule has 112 valence electrons. The summed E-state index contributed by atoms with van der Waals surface area (Å²) in [6.45, 7) is 6.20. The van der Waals surface area contributed by atoms with E-state index in [0.717, 1.165) is 37.4 Å². The summed E-state index contributed by atoms with van der Waals surface area (Å²) in [6, 6.07) is 14.8. The van der Waals surface area contributed by atoms with Crippen LogP contribution in [0.4, 0.5) is 11.5 Å². The zero-order valence-corrected chi connectivity index (χ0v) is 13.3. The highest BCUT2D eigenvalue weighted by molar-refractivity contribution is 5.59. The van der Waals surface area contributed by atoms with E-state index in [1.54, 1.807) is 0 Å². The fourth-order valence-corrected chi connectivity index (χ4v) is 2.34. The number of benzene rings is 1. The molecule has 1 heterocycles. The van der Waals surface area contributed by atoms with E-state index in [9.17, 15) is 0 Å². The number of rotatable bonds is 7. The molecule has 0 bridgehead atoms. The third-order valence-corrected chi connectivity index (χ3v) is 3.50. The lowest BCUT2D eigenvalue weighted by molar-refractivity contribution is 0.723. The predicted molar refractivity (Wildman–Crippen MR) is 90.1 cm³/mol. The van der Waals surface area contributed by atoms with Crippen LogP contribution in [-0.4, -0.2) is 18.6 Å². The first kappa shape index (κ1) is 15.5. The van der Waals surface area contributed by atoms with Crippen molar-refractivity contribution in [3.8, 4) is 0 Å². The first-order valence-corrected chi connectivity index (χ1v) is 7.74. The SMILES string of the molecule is CCCc1cc(CNCC)cc(N(C)c2ccccc2)n1. The van der Waals surface area contributed by atoms with Gasteiger partial charge in [-0.25, -0.2) is 4.98 Å². The quantitative estimate of drug-likeness (QED) is 0.835. The summed E-state index contributed by atoms with van der Waals surface area (Å²) in [5.41, 5.74) is 3.63. The van der Waals surface area contributed by atoms with Gasteiger partial charge in [0.2, 0.25) is 0 Å². The van der Waals surface area contributed by atoms with E-state index in [2.05, 4.69) is 67.5 Å². The van der Waals surface area contributed by atoms with E-state index in [0.29, 0.717) is 0 Å². The minimum Gasteiger partial charge on any atom is -0.329 e. The Morgan fingerprint density at radius 3 is 2.52 bits per heavy atom. The van der Waals surface area contributed by atoms with E-state index in [1.807, 2.05) is 6.07 Å². The Labute approximate surface area is 128 Å². The van der Waals surface area contributed by atoms with Crippen molar-refractivity contribution in [2.24, 2.45) is 0 Å². The smallest absolute Gasteiger partial charge is 0.133 e. The lowest BCUT2D eigenvalue weighted by Gasteiger charge is -2.20. The zero-order valence-electron chi connectivity index (χ0n) is 13.3. The molecule has 0 unspecified atom stereocenters. The third kappa shape index (κ3) is 4.30. The summed E-state index contributed by atoms with van der Waals surface area (Å²) in [4.78, 5) is 6.95. The Morgan fingerprint density at radius 2 is 1.86 bits per heavy atom. The van der Waals surface area contributed by atoms with Crippen LogP contribution in [-0.2, 0) is 13.0 Å². The average molecular weight is 283 g/mol. The molecule has 0 spiro atoms. The number of pyridine rings is 1. The van der Waals surface area contributed by atoms with E-state index in [1.165, 1.54) is 11.3 Å². The molecule has 0 aliphatic carbocycles. The summed E-state index contributed by atoms with van der Waals surface area (Å²) in [7, 11) is 2.07. The molecule has 0 radical (unpaired) electrons. The summed E-state index contributed by atoms with van der Waals surface area (Å²) < 4.78 is 0. The van der Waals surface area contributed by atoms with Crippen LogP contribution in [0.1, 0.15) is 31.5 Å². The summed E-state index contributed by atoms with van der Waals surface area (Å²) in [6.07, 6.45) is 2.14. The van der Waals surface area contributed by atoms with Crippen molar-refractivity contribution in [3.05, 3.63) is 53.7 Å². The van der Waals surface area contributed by atoms with Crippen molar-refractivity contribution in [2.45, 2.75) is 33.2 Å². The molecule has 0 saturated heterocycles. The number of hydrogen-bond acceptors (Lipinski definition) is 3. The highest BCUT2D eigenvalue weighted by atomic mass is 15.2. The molecule has 0 fully saturated rings. The Bertz CT molecular complexity index is 552. The van der Waals surface area contributed by atoms with Gasteiger partial charge in [-0.05, 0) is 42.8 Å². The lowest BCUT2D eigenvalue weighted by Crippen LogP contribution is -2.15. The molecule has 0 atom stereocenters. The van der Waals surface area contributed by atoms with Gasteiger partial charge in [0, 0.05) is 25.0 Å². The molecule has 1 aromatic carbocycles. The molecular weight excluding hydrogens is 258 g/mol. The molecule has 3 heteroatoms. The standard InChI is InChI=1S/C18H25N3/c1-4-9-16-12-15(14-19-5-2)13-18(20-16)21(3)17-10-7-6-8-11-17/h6-8,10-13,19H,4-5,9,14H2,1-3H3. The first-order valence-electron chi connectivity index (χ1n) is 7.74. The molecule has 3 nitrogen and oxygen atoms in total. The molecule has 1 N–H and O–H groups in total. The number of nitrogens with zero attached hydrogens (tertiary/aromatic N) is 2. The average Bonchev–Trinajstić information content (AvgIpc) is 2.53. The highest BCUT2D eigenvalue weighted by Gasteiger charge is 2.08. The number of anilines is 2. The van der Waals surface area contributed by atoms with Gasteiger partial charge in [-0.2, -0.15) is 0 Å². The molecule has 0 amide bonds. The monoisotopic (exact) mass is 283 g/mol. The molecule has 0 aliphatic heterocycles. The van der Waals surface area contributed by atoms with Crippen LogP contribution in [0.15, 0.2) is 42.5 Å². The largest absolute Gasteiger partial charge is 0.329 e. The number of para-hydroxylation sites is 1. The van der Waals surface area contributed by atoms with Crippen molar-refractivity contribution in [1.29, 1.82) is 0 Å². The van der Waals surface area contributed by atoms with Gasteiger partial charge in [0.25, 0.3) is 0 Å². The second-order valence-electron chi connectivity index (χ2n) is 5.25. The minimum atomic E-state index is 0.894. The van der Waals surface area contributed by atoms with Crippen molar-refractivity contribution in [1.82, 2.24) is 10.3 Å². The summed E-state index contributed by atoms with van der Waals surface area (Å²) in [5.74, 6) is 1.01. The van der Waals surface area contributed by atoms with Gasteiger partial charge in [0.05, 0.1) is 0 Å². The lowest BCUT2D eigenvalue weighted by atomic mass is 10.1. The van der Waals surface area contributed by atoms with Crippen LogP contribution in [0.3, 0.4) is 0 Å².